The zero-order valence-corrected chi connectivity index (χ0v) is 12.1. The van der Waals surface area contributed by atoms with Gasteiger partial charge in [-0.25, -0.2) is 9.37 Å². The number of nitrogens with zero attached hydrogens (tertiary/aromatic N) is 1. The van der Waals surface area contributed by atoms with Gasteiger partial charge in [0.2, 0.25) is 0 Å². The molecule has 2 aromatic rings. The number of carbonyl (C=O) groups is 1. The first kappa shape index (κ1) is 14.5. The molecule has 0 radical (unpaired) electrons. The highest BCUT2D eigenvalue weighted by Crippen LogP contribution is 2.24. The fraction of sp³-hybridized carbons (Fsp3) is 0.286. The highest BCUT2D eigenvalue weighted by Gasteiger charge is 2.08. The van der Waals surface area contributed by atoms with Crippen LogP contribution in [0.2, 0.25) is 0 Å². The summed E-state index contributed by atoms with van der Waals surface area (Å²) in [6.07, 6.45) is 0.805. The van der Waals surface area contributed by atoms with E-state index in [4.69, 9.17) is 0 Å². The Kier molecular flexibility index (Phi) is 4.68. The molecule has 2 rings (SSSR count). The topological polar surface area (TPSA) is 51.2 Å². The van der Waals surface area contributed by atoms with Gasteiger partial charge in [0.25, 0.3) is 0 Å². The number of benzene rings is 1. The number of anilines is 2. The molecule has 1 aromatic carbocycles. The van der Waals surface area contributed by atoms with Crippen molar-refractivity contribution < 1.29 is 13.9 Å². The van der Waals surface area contributed by atoms with Gasteiger partial charge in [-0.3, -0.25) is 4.79 Å². The van der Waals surface area contributed by atoms with Crippen LogP contribution in [0.5, 0.6) is 0 Å². The largest absolute Gasteiger partial charge is 0.469 e. The second-order valence-electron chi connectivity index (χ2n) is 4.33. The first-order chi connectivity index (χ1) is 9.58. The Morgan fingerprint density at radius 2 is 2.30 bits per heavy atom. The zero-order valence-electron chi connectivity index (χ0n) is 11.3. The smallest absolute Gasteiger partial charge is 0.305 e. The zero-order chi connectivity index (χ0) is 14.5. The maximum absolute atomic E-state index is 13.7. The first-order valence-electron chi connectivity index (χ1n) is 6.13. The molecule has 0 saturated heterocycles. The Morgan fingerprint density at radius 1 is 1.50 bits per heavy atom. The van der Waals surface area contributed by atoms with Crippen LogP contribution in [-0.4, -0.2) is 18.1 Å². The van der Waals surface area contributed by atoms with Gasteiger partial charge in [-0.15, -0.1) is 11.3 Å². The lowest BCUT2D eigenvalue weighted by Gasteiger charge is -2.04. The van der Waals surface area contributed by atoms with Gasteiger partial charge in [-0.1, -0.05) is 6.07 Å². The molecule has 106 valence electrons. The van der Waals surface area contributed by atoms with E-state index in [1.165, 1.54) is 24.5 Å². The van der Waals surface area contributed by atoms with E-state index in [0.29, 0.717) is 23.7 Å². The van der Waals surface area contributed by atoms with Crippen LogP contribution in [0.4, 0.5) is 15.2 Å². The Morgan fingerprint density at radius 3 is 3.00 bits per heavy atom. The number of hydrogen-bond acceptors (Lipinski definition) is 5. The normalized spacial score (nSPS) is 10.3. The SMILES string of the molecule is COC(=O)CCc1csc(Nc2ccc(C)cc2F)n1. The summed E-state index contributed by atoms with van der Waals surface area (Å²) in [7, 11) is 1.36. The van der Waals surface area contributed by atoms with Gasteiger partial charge in [0.1, 0.15) is 5.82 Å². The van der Waals surface area contributed by atoms with E-state index in [2.05, 4.69) is 15.0 Å². The number of hydrogen-bond donors (Lipinski definition) is 1. The lowest BCUT2D eigenvalue weighted by molar-refractivity contribution is -0.140. The fourth-order valence-electron chi connectivity index (χ4n) is 1.65. The second-order valence-corrected chi connectivity index (χ2v) is 5.19. The van der Waals surface area contributed by atoms with E-state index in [9.17, 15) is 9.18 Å². The van der Waals surface area contributed by atoms with Crippen LogP contribution in [0, 0.1) is 12.7 Å². The van der Waals surface area contributed by atoms with Crippen LogP contribution in [0.1, 0.15) is 17.7 Å². The summed E-state index contributed by atoms with van der Waals surface area (Å²) in [5.41, 5.74) is 2.05. The molecular weight excluding hydrogens is 279 g/mol. The minimum Gasteiger partial charge on any atom is -0.469 e. The molecule has 0 spiro atoms. The van der Waals surface area contributed by atoms with E-state index in [0.717, 1.165) is 11.3 Å². The van der Waals surface area contributed by atoms with Gasteiger partial charge in [0.15, 0.2) is 5.13 Å². The number of thiazole rings is 1. The number of methoxy groups -OCH3 is 1. The Labute approximate surface area is 120 Å². The van der Waals surface area contributed by atoms with Gasteiger partial charge >= 0.3 is 5.97 Å². The van der Waals surface area contributed by atoms with Crippen LogP contribution in [0.3, 0.4) is 0 Å². The van der Waals surface area contributed by atoms with Crippen molar-refractivity contribution >= 4 is 28.1 Å². The molecule has 0 fully saturated rings. The van der Waals surface area contributed by atoms with Gasteiger partial charge in [0.05, 0.1) is 24.9 Å². The minimum absolute atomic E-state index is 0.267. The van der Waals surface area contributed by atoms with Gasteiger partial charge in [-0.2, -0.15) is 0 Å². The molecule has 0 atom stereocenters. The van der Waals surface area contributed by atoms with E-state index >= 15 is 0 Å². The molecule has 0 aliphatic carbocycles. The van der Waals surface area contributed by atoms with Crippen LogP contribution in [-0.2, 0) is 16.0 Å². The maximum atomic E-state index is 13.7. The molecule has 20 heavy (non-hydrogen) atoms. The summed E-state index contributed by atoms with van der Waals surface area (Å²) in [6.45, 7) is 1.83. The highest BCUT2D eigenvalue weighted by molar-refractivity contribution is 7.13. The van der Waals surface area contributed by atoms with E-state index in [1.54, 1.807) is 6.07 Å². The molecule has 0 unspecified atom stereocenters. The molecule has 0 bridgehead atoms. The summed E-state index contributed by atoms with van der Waals surface area (Å²) >= 11 is 1.38. The number of rotatable bonds is 5. The number of halogens is 1. The van der Waals surface area contributed by atoms with E-state index < -0.39 is 0 Å². The molecule has 0 aliphatic rings. The number of nitrogens with one attached hydrogen (secondary N) is 1. The summed E-state index contributed by atoms with van der Waals surface area (Å²) in [6, 6.07) is 4.98. The molecule has 1 aromatic heterocycles. The molecule has 1 N–H and O–H groups in total. The fourth-order valence-corrected chi connectivity index (χ4v) is 2.41. The molecule has 0 aliphatic heterocycles. The minimum atomic E-state index is -0.309. The van der Waals surface area contributed by atoms with Crippen LogP contribution in [0.15, 0.2) is 23.6 Å². The van der Waals surface area contributed by atoms with Crippen molar-refractivity contribution in [2.24, 2.45) is 0 Å². The van der Waals surface area contributed by atoms with E-state index in [1.807, 2.05) is 18.4 Å². The second kappa shape index (κ2) is 6.47. The molecule has 0 saturated carbocycles. The average Bonchev–Trinajstić information content (AvgIpc) is 2.87. The van der Waals surface area contributed by atoms with Crippen molar-refractivity contribution in [2.75, 3.05) is 12.4 Å². The predicted octanol–water partition coefficient (Wildman–Crippen LogP) is 3.44. The van der Waals surface area contributed by atoms with Crippen molar-refractivity contribution in [3.05, 3.63) is 40.7 Å². The van der Waals surface area contributed by atoms with Gasteiger partial charge in [-0.05, 0) is 24.6 Å². The summed E-state index contributed by atoms with van der Waals surface area (Å²) in [4.78, 5) is 15.4. The summed E-state index contributed by atoms with van der Waals surface area (Å²) in [5.74, 6) is -0.576. The molecule has 1 heterocycles. The van der Waals surface area contributed by atoms with Crippen LogP contribution in [0.25, 0.3) is 0 Å². The number of carbonyl (C=O) groups excluding carboxylic acids is 1. The Hall–Kier alpha value is -1.95. The molecular formula is C14H15FN2O2S. The van der Waals surface area contributed by atoms with Gasteiger partial charge in [0, 0.05) is 11.8 Å². The quantitative estimate of drug-likeness (QED) is 0.858. The predicted molar refractivity (Wildman–Crippen MR) is 76.9 cm³/mol. The van der Waals surface area contributed by atoms with Gasteiger partial charge < -0.3 is 10.1 Å². The number of aryl methyl sites for hydroxylation is 2. The van der Waals surface area contributed by atoms with Crippen molar-refractivity contribution in [2.45, 2.75) is 19.8 Å². The molecule has 6 heteroatoms. The summed E-state index contributed by atoms with van der Waals surface area (Å²) < 4.78 is 18.3. The van der Waals surface area contributed by atoms with Crippen molar-refractivity contribution in [3.8, 4) is 0 Å². The highest BCUT2D eigenvalue weighted by atomic mass is 32.1. The van der Waals surface area contributed by atoms with Crippen molar-refractivity contribution in [3.63, 3.8) is 0 Å². The number of esters is 1. The summed E-state index contributed by atoms with van der Waals surface area (Å²) in [5, 5.41) is 5.39. The average molecular weight is 294 g/mol. The number of ether oxygens (including phenoxy) is 1. The van der Waals surface area contributed by atoms with Crippen LogP contribution >= 0.6 is 11.3 Å². The van der Waals surface area contributed by atoms with E-state index in [-0.39, 0.29) is 11.8 Å². The monoisotopic (exact) mass is 294 g/mol. The third kappa shape index (κ3) is 3.77. The standard InChI is InChI=1S/C14H15FN2O2S/c1-9-3-5-12(11(15)7-9)17-14-16-10(8-20-14)4-6-13(18)19-2/h3,5,7-8H,4,6H2,1-2H3,(H,16,17). The lowest BCUT2D eigenvalue weighted by Crippen LogP contribution is -2.02. The first-order valence-corrected chi connectivity index (χ1v) is 7.01. The lowest BCUT2D eigenvalue weighted by atomic mass is 10.2. The number of aromatic nitrogens is 1. The molecule has 0 amide bonds. The Balaban J connectivity index is 2.00. The molecule has 4 nitrogen and oxygen atoms in total. The Bertz CT molecular complexity index is 613. The third-order valence-corrected chi connectivity index (χ3v) is 3.54. The third-order valence-electron chi connectivity index (χ3n) is 2.73. The van der Waals surface area contributed by atoms with Crippen molar-refractivity contribution in [1.82, 2.24) is 4.98 Å². The van der Waals surface area contributed by atoms with Crippen molar-refractivity contribution in [1.29, 1.82) is 0 Å². The maximum Gasteiger partial charge on any atom is 0.305 e. The van der Waals surface area contributed by atoms with Crippen LogP contribution < -0.4 is 5.32 Å².